The number of nitrogens with zero attached hydrogens (tertiary/aromatic N) is 1. The van der Waals surface area contributed by atoms with Crippen molar-refractivity contribution in [3.05, 3.63) is 71.3 Å². The lowest BCUT2D eigenvalue weighted by atomic mass is 10.0. The lowest BCUT2D eigenvalue weighted by Crippen LogP contribution is -2.18. The highest BCUT2D eigenvalue weighted by atomic mass is 16.1. The molecule has 0 amide bonds. The Bertz CT molecular complexity index is 637. The number of hydrogen-bond donors (Lipinski definition) is 0. The molecule has 1 aliphatic rings. The number of benzene rings is 2. The smallest absolute Gasteiger partial charge is 0.150 e. The summed E-state index contributed by atoms with van der Waals surface area (Å²) in [6.07, 6.45) is 5.51. The SMILES string of the molecule is O=C/C(=C/c1ccc(CN2CCCC2)cc1)c1ccccc1. The van der Waals surface area contributed by atoms with Crippen molar-refractivity contribution >= 4 is 17.9 Å². The van der Waals surface area contributed by atoms with Gasteiger partial charge in [-0.3, -0.25) is 9.69 Å². The number of rotatable bonds is 5. The minimum absolute atomic E-state index is 0.716. The van der Waals surface area contributed by atoms with Gasteiger partial charge in [-0.1, -0.05) is 54.6 Å². The van der Waals surface area contributed by atoms with E-state index in [4.69, 9.17) is 0 Å². The summed E-state index contributed by atoms with van der Waals surface area (Å²) in [6.45, 7) is 3.46. The summed E-state index contributed by atoms with van der Waals surface area (Å²) in [5, 5.41) is 0. The van der Waals surface area contributed by atoms with E-state index in [1.54, 1.807) is 0 Å². The van der Waals surface area contributed by atoms with Crippen molar-refractivity contribution < 1.29 is 4.79 Å². The van der Waals surface area contributed by atoms with Crippen LogP contribution in [0.4, 0.5) is 0 Å². The van der Waals surface area contributed by atoms with E-state index in [-0.39, 0.29) is 0 Å². The van der Waals surface area contributed by atoms with Crippen molar-refractivity contribution in [1.82, 2.24) is 4.90 Å². The van der Waals surface area contributed by atoms with Crippen LogP contribution < -0.4 is 0 Å². The largest absolute Gasteiger partial charge is 0.299 e. The predicted octanol–water partition coefficient (Wildman–Crippen LogP) is 4.02. The molecule has 0 radical (unpaired) electrons. The third-order valence-electron chi connectivity index (χ3n) is 4.14. The molecule has 0 bridgehead atoms. The van der Waals surface area contributed by atoms with Crippen molar-refractivity contribution in [2.24, 2.45) is 0 Å². The van der Waals surface area contributed by atoms with E-state index in [1.807, 2.05) is 36.4 Å². The standard InChI is InChI=1S/C20H21NO/c22-16-20(19-6-2-1-3-7-19)14-17-8-10-18(11-9-17)15-21-12-4-5-13-21/h1-3,6-11,14,16H,4-5,12-13,15H2/b20-14-. The first-order valence-electron chi connectivity index (χ1n) is 7.89. The number of likely N-dealkylation sites (tertiary alicyclic amines) is 1. The first kappa shape index (κ1) is 14.7. The van der Waals surface area contributed by atoms with E-state index < -0.39 is 0 Å². The maximum absolute atomic E-state index is 11.3. The molecule has 0 aromatic heterocycles. The van der Waals surface area contributed by atoms with Crippen molar-refractivity contribution in [3.8, 4) is 0 Å². The normalized spacial score (nSPS) is 15.9. The van der Waals surface area contributed by atoms with E-state index in [2.05, 4.69) is 29.2 Å². The van der Waals surface area contributed by atoms with E-state index in [9.17, 15) is 4.79 Å². The van der Waals surface area contributed by atoms with Crippen molar-refractivity contribution in [2.75, 3.05) is 13.1 Å². The molecule has 0 N–H and O–H groups in total. The maximum Gasteiger partial charge on any atom is 0.150 e. The zero-order chi connectivity index (χ0) is 15.2. The van der Waals surface area contributed by atoms with Crippen molar-refractivity contribution in [3.63, 3.8) is 0 Å². The zero-order valence-electron chi connectivity index (χ0n) is 12.7. The molecule has 0 unspecified atom stereocenters. The fourth-order valence-corrected chi connectivity index (χ4v) is 2.91. The van der Waals surface area contributed by atoms with Gasteiger partial charge in [0.15, 0.2) is 6.29 Å². The fraction of sp³-hybridized carbons (Fsp3) is 0.250. The molecular weight excluding hydrogens is 270 g/mol. The van der Waals surface area contributed by atoms with Crippen LogP contribution in [0.1, 0.15) is 29.5 Å². The second kappa shape index (κ2) is 7.19. The molecule has 0 atom stereocenters. The lowest BCUT2D eigenvalue weighted by molar-refractivity contribution is -0.103. The molecule has 2 heteroatoms. The third-order valence-corrected chi connectivity index (χ3v) is 4.14. The van der Waals surface area contributed by atoms with E-state index in [1.165, 1.54) is 31.5 Å². The van der Waals surface area contributed by atoms with Crippen LogP contribution in [0.5, 0.6) is 0 Å². The van der Waals surface area contributed by atoms with Gasteiger partial charge < -0.3 is 0 Å². The molecule has 22 heavy (non-hydrogen) atoms. The first-order valence-corrected chi connectivity index (χ1v) is 7.89. The van der Waals surface area contributed by atoms with Gasteiger partial charge in [0.2, 0.25) is 0 Å². The van der Waals surface area contributed by atoms with Crippen LogP contribution >= 0.6 is 0 Å². The highest BCUT2D eigenvalue weighted by Gasteiger charge is 2.11. The number of aldehydes is 1. The molecule has 2 aromatic carbocycles. The molecule has 112 valence electrons. The van der Waals surface area contributed by atoms with E-state index in [0.29, 0.717) is 5.57 Å². The molecule has 0 aliphatic carbocycles. The third kappa shape index (κ3) is 3.71. The Hall–Kier alpha value is -2.19. The summed E-state index contributed by atoms with van der Waals surface area (Å²) in [6, 6.07) is 18.3. The minimum atomic E-state index is 0.716. The van der Waals surface area contributed by atoms with Crippen LogP contribution in [0.3, 0.4) is 0 Å². The molecular formula is C20H21NO. The number of carbonyl (C=O) groups is 1. The molecule has 1 heterocycles. The minimum Gasteiger partial charge on any atom is -0.299 e. The predicted molar refractivity (Wildman–Crippen MR) is 91.3 cm³/mol. The van der Waals surface area contributed by atoms with Crippen LogP contribution in [-0.4, -0.2) is 24.3 Å². The fourth-order valence-electron chi connectivity index (χ4n) is 2.91. The molecule has 1 fully saturated rings. The summed E-state index contributed by atoms with van der Waals surface area (Å²) in [4.78, 5) is 13.8. The van der Waals surface area contributed by atoms with Crippen LogP contribution in [0, 0.1) is 0 Å². The van der Waals surface area contributed by atoms with Gasteiger partial charge in [-0.25, -0.2) is 0 Å². The Morgan fingerprint density at radius 1 is 0.955 bits per heavy atom. The molecule has 1 aliphatic heterocycles. The number of carbonyl (C=O) groups excluding carboxylic acids is 1. The Morgan fingerprint density at radius 2 is 1.64 bits per heavy atom. The van der Waals surface area contributed by atoms with Crippen molar-refractivity contribution in [2.45, 2.75) is 19.4 Å². The Kier molecular flexibility index (Phi) is 4.81. The van der Waals surface area contributed by atoms with Crippen LogP contribution in [0.15, 0.2) is 54.6 Å². The van der Waals surface area contributed by atoms with Gasteiger partial charge in [0, 0.05) is 12.1 Å². The van der Waals surface area contributed by atoms with Crippen molar-refractivity contribution in [1.29, 1.82) is 0 Å². The lowest BCUT2D eigenvalue weighted by Gasteiger charge is -2.14. The van der Waals surface area contributed by atoms with Gasteiger partial charge >= 0.3 is 0 Å². The molecule has 2 nitrogen and oxygen atoms in total. The molecule has 0 spiro atoms. The molecule has 1 saturated heterocycles. The Labute approximate surface area is 132 Å². The summed E-state index contributed by atoms with van der Waals surface area (Å²) in [5.41, 5.74) is 4.08. The van der Waals surface area contributed by atoms with Crippen LogP contribution in [0.2, 0.25) is 0 Å². The van der Waals surface area contributed by atoms with Crippen LogP contribution in [0.25, 0.3) is 11.6 Å². The van der Waals surface area contributed by atoms with Gasteiger partial charge in [-0.05, 0) is 48.7 Å². The van der Waals surface area contributed by atoms with E-state index in [0.717, 1.165) is 24.0 Å². The van der Waals surface area contributed by atoms with E-state index >= 15 is 0 Å². The highest BCUT2D eigenvalue weighted by Crippen LogP contribution is 2.18. The van der Waals surface area contributed by atoms with Gasteiger partial charge in [0.25, 0.3) is 0 Å². The number of hydrogen-bond acceptors (Lipinski definition) is 2. The average molecular weight is 291 g/mol. The molecule has 2 aromatic rings. The molecule has 0 saturated carbocycles. The Balaban J connectivity index is 1.74. The van der Waals surface area contributed by atoms with Gasteiger partial charge in [-0.2, -0.15) is 0 Å². The summed E-state index contributed by atoms with van der Waals surface area (Å²) in [7, 11) is 0. The summed E-state index contributed by atoms with van der Waals surface area (Å²) in [5.74, 6) is 0. The quantitative estimate of drug-likeness (QED) is 0.471. The topological polar surface area (TPSA) is 20.3 Å². The highest BCUT2D eigenvalue weighted by molar-refractivity contribution is 6.13. The maximum atomic E-state index is 11.3. The summed E-state index contributed by atoms with van der Waals surface area (Å²) >= 11 is 0. The van der Waals surface area contributed by atoms with Crippen LogP contribution in [-0.2, 0) is 11.3 Å². The monoisotopic (exact) mass is 291 g/mol. The molecule has 3 rings (SSSR count). The first-order chi connectivity index (χ1) is 10.8. The zero-order valence-corrected chi connectivity index (χ0v) is 12.7. The van der Waals surface area contributed by atoms with Gasteiger partial charge in [0.1, 0.15) is 0 Å². The van der Waals surface area contributed by atoms with Gasteiger partial charge in [0.05, 0.1) is 0 Å². The number of allylic oxidation sites excluding steroid dienone is 1. The van der Waals surface area contributed by atoms with Gasteiger partial charge in [-0.15, -0.1) is 0 Å². The second-order valence-electron chi connectivity index (χ2n) is 5.81. The average Bonchev–Trinajstić information content (AvgIpc) is 3.08. The summed E-state index contributed by atoms with van der Waals surface area (Å²) < 4.78 is 0. The Morgan fingerprint density at radius 3 is 2.27 bits per heavy atom. The second-order valence-corrected chi connectivity index (χ2v) is 5.81.